The van der Waals surface area contributed by atoms with Gasteiger partial charge in [-0.2, -0.15) is 0 Å². The number of aromatic nitrogens is 2. The van der Waals surface area contributed by atoms with Crippen LogP contribution >= 0.6 is 0 Å². The molecule has 0 aromatic carbocycles. The van der Waals surface area contributed by atoms with Gasteiger partial charge in [-0.3, -0.25) is 0 Å². The van der Waals surface area contributed by atoms with Gasteiger partial charge in [0, 0.05) is 25.1 Å². The highest BCUT2D eigenvalue weighted by molar-refractivity contribution is 5.49. The van der Waals surface area contributed by atoms with Gasteiger partial charge in [0.25, 0.3) is 0 Å². The molecule has 0 spiro atoms. The van der Waals surface area contributed by atoms with Crippen LogP contribution in [-0.4, -0.2) is 23.1 Å². The molecule has 2 heterocycles. The Hall–Kier alpha value is -1.32. The lowest BCUT2D eigenvalue weighted by Gasteiger charge is -2.38. The summed E-state index contributed by atoms with van der Waals surface area (Å²) >= 11 is 0. The summed E-state index contributed by atoms with van der Waals surface area (Å²) in [6, 6.07) is 1.89. The fourth-order valence-corrected chi connectivity index (χ4v) is 2.04. The van der Waals surface area contributed by atoms with Crippen LogP contribution in [0.2, 0.25) is 0 Å². The molecule has 80 valence electrons. The van der Waals surface area contributed by atoms with E-state index in [2.05, 4.69) is 21.8 Å². The quantitative estimate of drug-likeness (QED) is 0.791. The number of nitrogen functional groups attached to an aromatic ring is 1. The number of anilines is 2. The van der Waals surface area contributed by atoms with Gasteiger partial charge in [0.15, 0.2) is 0 Å². The van der Waals surface area contributed by atoms with Crippen molar-refractivity contribution in [2.75, 3.05) is 23.7 Å². The van der Waals surface area contributed by atoms with E-state index >= 15 is 0 Å². The van der Waals surface area contributed by atoms with Crippen LogP contribution in [0.15, 0.2) is 6.07 Å². The van der Waals surface area contributed by atoms with Gasteiger partial charge in [-0.15, -0.1) is 0 Å². The van der Waals surface area contributed by atoms with Gasteiger partial charge in [0.1, 0.15) is 17.5 Å². The maximum Gasteiger partial charge on any atom is 0.136 e. The standard InChI is InChI=1S/C11H16N4/c1-7-5-15(6-7)10-4-9(12)13-11(14-10)8-2-3-8/h4,7-8H,2-3,5-6H2,1H3,(H2,12,13,14). The van der Waals surface area contributed by atoms with Crippen LogP contribution in [0.3, 0.4) is 0 Å². The third-order valence-electron chi connectivity index (χ3n) is 3.08. The highest BCUT2D eigenvalue weighted by atomic mass is 15.2. The first-order valence-electron chi connectivity index (χ1n) is 5.62. The average Bonchev–Trinajstić information content (AvgIpc) is 2.94. The molecule has 2 fully saturated rings. The predicted octanol–water partition coefficient (Wildman–Crippen LogP) is 1.39. The highest BCUT2D eigenvalue weighted by Crippen LogP contribution is 2.39. The van der Waals surface area contributed by atoms with Crippen molar-refractivity contribution in [3.63, 3.8) is 0 Å². The number of hydrogen-bond donors (Lipinski definition) is 1. The van der Waals surface area contributed by atoms with Crippen molar-refractivity contribution in [1.29, 1.82) is 0 Å². The molecule has 3 rings (SSSR count). The first-order valence-corrected chi connectivity index (χ1v) is 5.62. The van der Waals surface area contributed by atoms with Gasteiger partial charge in [0.05, 0.1) is 0 Å². The van der Waals surface area contributed by atoms with Gasteiger partial charge < -0.3 is 10.6 Å². The van der Waals surface area contributed by atoms with Crippen LogP contribution in [-0.2, 0) is 0 Å². The summed E-state index contributed by atoms with van der Waals surface area (Å²) < 4.78 is 0. The molecule has 2 aliphatic rings. The van der Waals surface area contributed by atoms with Crippen LogP contribution in [0, 0.1) is 5.92 Å². The van der Waals surface area contributed by atoms with Crippen LogP contribution in [0.1, 0.15) is 31.5 Å². The molecule has 2 N–H and O–H groups in total. The zero-order chi connectivity index (χ0) is 10.4. The number of nitrogens with zero attached hydrogens (tertiary/aromatic N) is 3. The van der Waals surface area contributed by atoms with Gasteiger partial charge in [-0.05, 0) is 18.8 Å². The molecule has 0 bridgehead atoms. The lowest BCUT2D eigenvalue weighted by molar-refractivity contribution is 0.443. The van der Waals surface area contributed by atoms with Crippen molar-refractivity contribution >= 4 is 11.6 Å². The van der Waals surface area contributed by atoms with E-state index in [0.29, 0.717) is 11.7 Å². The van der Waals surface area contributed by atoms with E-state index in [1.165, 1.54) is 12.8 Å². The Bertz CT molecular complexity index is 380. The number of hydrogen-bond acceptors (Lipinski definition) is 4. The SMILES string of the molecule is CC1CN(c2cc(N)nc(C3CC3)n2)C1. The van der Waals surface area contributed by atoms with Crippen molar-refractivity contribution in [2.24, 2.45) is 5.92 Å². The van der Waals surface area contributed by atoms with E-state index in [9.17, 15) is 0 Å². The molecule has 1 saturated heterocycles. The second-order valence-electron chi connectivity index (χ2n) is 4.79. The molecule has 1 saturated carbocycles. The number of rotatable bonds is 2. The summed E-state index contributed by atoms with van der Waals surface area (Å²) in [5, 5.41) is 0. The van der Waals surface area contributed by atoms with Crippen molar-refractivity contribution in [1.82, 2.24) is 9.97 Å². The first-order chi connectivity index (χ1) is 7.22. The summed E-state index contributed by atoms with van der Waals surface area (Å²) in [6.07, 6.45) is 2.44. The van der Waals surface area contributed by atoms with Crippen LogP contribution in [0.4, 0.5) is 11.6 Å². The van der Waals surface area contributed by atoms with E-state index < -0.39 is 0 Å². The molecule has 0 atom stereocenters. The third kappa shape index (κ3) is 1.64. The fourth-order valence-electron chi connectivity index (χ4n) is 2.04. The second-order valence-corrected chi connectivity index (χ2v) is 4.79. The van der Waals surface area contributed by atoms with Crippen molar-refractivity contribution in [3.8, 4) is 0 Å². The Balaban J connectivity index is 1.87. The molecule has 4 heteroatoms. The minimum absolute atomic E-state index is 0.575. The minimum atomic E-state index is 0.575. The maximum atomic E-state index is 5.80. The van der Waals surface area contributed by atoms with Crippen molar-refractivity contribution in [3.05, 3.63) is 11.9 Å². The zero-order valence-electron chi connectivity index (χ0n) is 8.98. The molecule has 0 radical (unpaired) electrons. The van der Waals surface area contributed by atoms with Crippen LogP contribution in [0.25, 0.3) is 0 Å². The highest BCUT2D eigenvalue weighted by Gasteiger charge is 2.29. The maximum absolute atomic E-state index is 5.80. The average molecular weight is 204 g/mol. The lowest BCUT2D eigenvalue weighted by Crippen LogP contribution is -2.45. The van der Waals surface area contributed by atoms with Crippen LogP contribution < -0.4 is 10.6 Å². The van der Waals surface area contributed by atoms with Gasteiger partial charge in [0.2, 0.25) is 0 Å². The zero-order valence-corrected chi connectivity index (χ0v) is 8.98. The Kier molecular flexibility index (Phi) is 1.84. The monoisotopic (exact) mass is 204 g/mol. The van der Waals surface area contributed by atoms with E-state index in [-0.39, 0.29) is 0 Å². The summed E-state index contributed by atoms with van der Waals surface area (Å²) in [5.74, 6) is 3.94. The molecule has 1 aromatic rings. The molecular formula is C11H16N4. The van der Waals surface area contributed by atoms with E-state index in [1.54, 1.807) is 0 Å². The van der Waals surface area contributed by atoms with Crippen LogP contribution in [0.5, 0.6) is 0 Å². The minimum Gasteiger partial charge on any atom is -0.384 e. The lowest BCUT2D eigenvalue weighted by atomic mass is 10.0. The summed E-state index contributed by atoms with van der Waals surface area (Å²) in [4.78, 5) is 11.2. The van der Waals surface area contributed by atoms with E-state index in [1.807, 2.05) is 6.07 Å². The Morgan fingerprint density at radius 2 is 2.07 bits per heavy atom. The predicted molar refractivity (Wildman–Crippen MR) is 59.8 cm³/mol. The normalized spacial score (nSPS) is 21.5. The summed E-state index contributed by atoms with van der Waals surface area (Å²) in [5.41, 5.74) is 5.80. The molecule has 4 nitrogen and oxygen atoms in total. The van der Waals surface area contributed by atoms with E-state index in [4.69, 9.17) is 5.73 Å². The van der Waals surface area contributed by atoms with Crippen molar-refractivity contribution in [2.45, 2.75) is 25.7 Å². The molecule has 1 aromatic heterocycles. The largest absolute Gasteiger partial charge is 0.384 e. The number of nitrogens with two attached hydrogens (primary N) is 1. The third-order valence-corrected chi connectivity index (χ3v) is 3.08. The van der Waals surface area contributed by atoms with Gasteiger partial charge in [-0.25, -0.2) is 9.97 Å². The van der Waals surface area contributed by atoms with Crippen molar-refractivity contribution < 1.29 is 0 Å². The molecule has 1 aliphatic carbocycles. The van der Waals surface area contributed by atoms with E-state index in [0.717, 1.165) is 30.6 Å². The Morgan fingerprint density at radius 3 is 2.67 bits per heavy atom. The van der Waals surface area contributed by atoms with Gasteiger partial charge in [-0.1, -0.05) is 6.92 Å². The Morgan fingerprint density at radius 1 is 1.33 bits per heavy atom. The Labute approximate surface area is 89.5 Å². The molecule has 0 unspecified atom stereocenters. The molecule has 0 amide bonds. The summed E-state index contributed by atoms with van der Waals surface area (Å²) in [6.45, 7) is 4.45. The summed E-state index contributed by atoms with van der Waals surface area (Å²) in [7, 11) is 0. The molecule has 15 heavy (non-hydrogen) atoms. The molecule has 1 aliphatic heterocycles. The smallest absolute Gasteiger partial charge is 0.136 e. The first kappa shape index (κ1) is 8.95. The second kappa shape index (κ2) is 3.08. The van der Waals surface area contributed by atoms with Gasteiger partial charge >= 0.3 is 0 Å². The molecular weight excluding hydrogens is 188 g/mol. The fraction of sp³-hybridized carbons (Fsp3) is 0.636. The topological polar surface area (TPSA) is 55.0 Å².